The minimum atomic E-state index is -0.421. The van der Waals surface area contributed by atoms with Crippen molar-refractivity contribution in [2.75, 3.05) is 57.7 Å². The van der Waals surface area contributed by atoms with E-state index in [0.29, 0.717) is 13.0 Å². The molecule has 2 aliphatic heterocycles. The van der Waals surface area contributed by atoms with E-state index < -0.39 is 6.09 Å². The molecule has 240 valence electrons. The van der Waals surface area contributed by atoms with Crippen LogP contribution >= 0.6 is 0 Å². The highest BCUT2D eigenvalue weighted by molar-refractivity contribution is 5.91. The topological polar surface area (TPSA) is 103 Å². The Balaban J connectivity index is 1.01. The van der Waals surface area contributed by atoms with E-state index in [9.17, 15) is 14.4 Å². The Morgan fingerprint density at radius 1 is 0.773 bits per heavy atom. The first-order valence-electron chi connectivity index (χ1n) is 16.6. The summed E-state index contributed by atoms with van der Waals surface area (Å²) in [6.07, 6.45) is 7.52. The van der Waals surface area contributed by atoms with E-state index in [0.717, 1.165) is 114 Å². The fourth-order valence-corrected chi connectivity index (χ4v) is 6.05. The number of piperidine rings is 2. The zero-order valence-corrected chi connectivity index (χ0v) is 26.4. The van der Waals surface area contributed by atoms with Crippen LogP contribution in [0.5, 0.6) is 0 Å². The zero-order valence-electron chi connectivity index (χ0n) is 26.4. The molecule has 0 spiro atoms. The number of nitrogens with one attached hydrogen (secondary N) is 3. The number of ether oxygens (including phenoxy) is 1. The summed E-state index contributed by atoms with van der Waals surface area (Å²) >= 11 is 0. The van der Waals surface area contributed by atoms with Gasteiger partial charge in [0.15, 0.2) is 0 Å². The third kappa shape index (κ3) is 11.2. The quantitative estimate of drug-likeness (QED) is 0.239. The monoisotopic (exact) mass is 605 g/mol. The zero-order chi connectivity index (χ0) is 31.0. The molecule has 9 heteroatoms. The summed E-state index contributed by atoms with van der Waals surface area (Å²) < 4.78 is 5.74. The number of carbonyl (C=O) groups excluding carboxylic acids is 3. The molecule has 0 aromatic heterocycles. The molecule has 3 amide bonds. The molecule has 0 bridgehead atoms. The van der Waals surface area contributed by atoms with Crippen LogP contribution in [0, 0.1) is 5.92 Å². The average molecular weight is 606 g/mol. The summed E-state index contributed by atoms with van der Waals surface area (Å²) in [6.45, 7) is 9.01. The van der Waals surface area contributed by atoms with Gasteiger partial charge >= 0.3 is 6.09 Å². The van der Waals surface area contributed by atoms with Gasteiger partial charge in [-0.3, -0.25) is 14.9 Å². The lowest BCUT2D eigenvalue weighted by atomic mass is 9.95. The summed E-state index contributed by atoms with van der Waals surface area (Å²) in [5.41, 5.74) is 2.74. The molecule has 4 rings (SSSR count). The number of unbranched alkanes of at least 4 members (excludes halogenated alkanes) is 2. The number of para-hydroxylation sites is 1. The fraction of sp³-hybridized carbons (Fsp3) is 0.571. The van der Waals surface area contributed by atoms with Gasteiger partial charge in [0, 0.05) is 50.6 Å². The predicted molar refractivity (Wildman–Crippen MR) is 175 cm³/mol. The van der Waals surface area contributed by atoms with E-state index in [1.54, 1.807) is 0 Å². The number of carbonyl (C=O) groups is 3. The van der Waals surface area contributed by atoms with E-state index >= 15 is 0 Å². The van der Waals surface area contributed by atoms with Crippen molar-refractivity contribution in [3.05, 3.63) is 54.6 Å². The summed E-state index contributed by atoms with van der Waals surface area (Å²) in [4.78, 5) is 41.9. The van der Waals surface area contributed by atoms with Crippen LogP contribution in [0.1, 0.15) is 64.7 Å². The Bertz CT molecular complexity index is 1160. The lowest BCUT2D eigenvalue weighted by Crippen LogP contribution is -2.42. The van der Waals surface area contributed by atoms with E-state index in [-0.39, 0.29) is 23.8 Å². The van der Waals surface area contributed by atoms with Crippen LogP contribution in [0.15, 0.2) is 54.6 Å². The second-order valence-corrected chi connectivity index (χ2v) is 12.1. The lowest BCUT2D eigenvalue weighted by molar-refractivity contribution is -0.126. The third-order valence-electron chi connectivity index (χ3n) is 8.69. The van der Waals surface area contributed by atoms with Crippen molar-refractivity contribution in [1.82, 2.24) is 20.4 Å². The second kappa shape index (κ2) is 18.4. The number of hydrogen-bond acceptors (Lipinski definition) is 6. The molecule has 2 aliphatic rings. The number of hydrogen-bond donors (Lipinski definition) is 3. The molecule has 0 radical (unpaired) electrons. The van der Waals surface area contributed by atoms with E-state index in [2.05, 4.69) is 32.7 Å². The summed E-state index contributed by atoms with van der Waals surface area (Å²) in [5, 5.41) is 9.02. The average Bonchev–Trinajstić information content (AvgIpc) is 3.05. The minimum absolute atomic E-state index is 0.110. The molecule has 2 aromatic carbocycles. The second-order valence-electron chi connectivity index (χ2n) is 12.1. The largest absolute Gasteiger partial charge is 0.446 e. The van der Waals surface area contributed by atoms with Crippen LogP contribution in [-0.4, -0.2) is 86.2 Å². The number of nitrogens with zero attached hydrogens (tertiary/aromatic N) is 2. The highest BCUT2D eigenvalue weighted by atomic mass is 16.6. The van der Waals surface area contributed by atoms with Gasteiger partial charge in [0.25, 0.3) is 0 Å². The molecule has 0 aliphatic carbocycles. The van der Waals surface area contributed by atoms with E-state index in [4.69, 9.17) is 4.74 Å². The smallest absolute Gasteiger partial charge is 0.411 e. The van der Waals surface area contributed by atoms with Crippen LogP contribution in [0.25, 0.3) is 11.1 Å². The maximum absolute atomic E-state index is 12.7. The standard InChI is InChI=1S/C35H51N5O4/c1-2-20-37-34(42)29-16-23-39(24-17-29)22-10-4-7-15-33(41)36-21-27-40-25-18-30(19-26-40)44-35(43)38-32-14-9-8-13-31(32)28-11-5-3-6-12-28/h3,5-6,8-9,11-14,29-30H,2,4,7,10,15-27H2,1H3,(H,36,41)(H,37,42)(H,38,43). The maximum Gasteiger partial charge on any atom is 0.411 e. The van der Waals surface area contributed by atoms with E-state index in [1.165, 1.54) is 0 Å². The van der Waals surface area contributed by atoms with Crippen molar-refractivity contribution >= 4 is 23.6 Å². The van der Waals surface area contributed by atoms with Crippen LogP contribution in [0.3, 0.4) is 0 Å². The Labute approximate surface area is 263 Å². The summed E-state index contributed by atoms with van der Waals surface area (Å²) in [5.74, 6) is 0.508. The SMILES string of the molecule is CCCNC(=O)C1CCN(CCCCCC(=O)NCCN2CCC(OC(=O)Nc3ccccc3-c3ccccc3)CC2)CC1. The van der Waals surface area contributed by atoms with Gasteiger partial charge in [0.1, 0.15) is 6.10 Å². The van der Waals surface area contributed by atoms with Crippen molar-refractivity contribution in [1.29, 1.82) is 0 Å². The van der Waals surface area contributed by atoms with Crippen molar-refractivity contribution in [2.24, 2.45) is 5.92 Å². The Hall–Kier alpha value is -3.43. The van der Waals surface area contributed by atoms with Gasteiger partial charge in [-0.15, -0.1) is 0 Å². The molecule has 44 heavy (non-hydrogen) atoms. The molecule has 0 saturated carbocycles. The van der Waals surface area contributed by atoms with Crippen molar-refractivity contribution in [2.45, 2.75) is 70.8 Å². The van der Waals surface area contributed by atoms with Gasteiger partial charge in [-0.2, -0.15) is 0 Å². The number of likely N-dealkylation sites (tertiary alicyclic amines) is 2. The minimum Gasteiger partial charge on any atom is -0.446 e. The molecule has 9 nitrogen and oxygen atoms in total. The summed E-state index contributed by atoms with van der Waals surface area (Å²) in [7, 11) is 0. The molecule has 2 saturated heterocycles. The normalized spacial score (nSPS) is 16.8. The Morgan fingerprint density at radius 2 is 1.45 bits per heavy atom. The first kappa shape index (κ1) is 33.5. The molecule has 2 aromatic rings. The first-order chi connectivity index (χ1) is 21.5. The summed E-state index contributed by atoms with van der Waals surface area (Å²) in [6, 6.07) is 17.7. The molecule has 3 N–H and O–H groups in total. The molecular weight excluding hydrogens is 554 g/mol. The van der Waals surface area contributed by atoms with Crippen LogP contribution in [-0.2, 0) is 14.3 Å². The maximum atomic E-state index is 12.7. The van der Waals surface area contributed by atoms with Crippen molar-refractivity contribution < 1.29 is 19.1 Å². The van der Waals surface area contributed by atoms with Crippen LogP contribution < -0.4 is 16.0 Å². The Morgan fingerprint density at radius 3 is 2.20 bits per heavy atom. The first-order valence-corrected chi connectivity index (χ1v) is 16.6. The van der Waals surface area contributed by atoms with Gasteiger partial charge in [0.05, 0.1) is 5.69 Å². The number of anilines is 1. The third-order valence-corrected chi connectivity index (χ3v) is 8.69. The predicted octanol–water partition coefficient (Wildman–Crippen LogP) is 5.28. The highest BCUT2D eigenvalue weighted by Crippen LogP contribution is 2.28. The molecule has 0 atom stereocenters. The fourth-order valence-electron chi connectivity index (χ4n) is 6.05. The van der Waals surface area contributed by atoms with Crippen LogP contribution in [0.4, 0.5) is 10.5 Å². The van der Waals surface area contributed by atoms with Crippen LogP contribution in [0.2, 0.25) is 0 Å². The van der Waals surface area contributed by atoms with Crippen molar-refractivity contribution in [3.8, 4) is 11.1 Å². The molecule has 0 unspecified atom stereocenters. The van der Waals surface area contributed by atoms with Gasteiger partial charge < -0.3 is 25.2 Å². The number of amides is 3. The molecule has 2 heterocycles. The highest BCUT2D eigenvalue weighted by Gasteiger charge is 2.25. The Kier molecular flexibility index (Phi) is 14.0. The van der Waals surface area contributed by atoms with Crippen molar-refractivity contribution in [3.63, 3.8) is 0 Å². The van der Waals surface area contributed by atoms with Gasteiger partial charge in [-0.25, -0.2) is 4.79 Å². The number of benzene rings is 2. The van der Waals surface area contributed by atoms with Gasteiger partial charge in [-0.05, 0) is 76.2 Å². The van der Waals surface area contributed by atoms with E-state index in [1.807, 2.05) is 54.6 Å². The van der Waals surface area contributed by atoms with Gasteiger partial charge in [-0.1, -0.05) is 61.9 Å². The molecule has 2 fully saturated rings. The number of rotatable bonds is 15. The lowest BCUT2D eigenvalue weighted by Gasteiger charge is -2.31. The van der Waals surface area contributed by atoms with Gasteiger partial charge in [0.2, 0.25) is 11.8 Å². The molecular formula is C35H51N5O4.